The molecule has 0 aromatic heterocycles. The lowest BCUT2D eigenvalue weighted by atomic mass is 10.0. The summed E-state index contributed by atoms with van der Waals surface area (Å²) in [4.78, 5) is 13.1. The van der Waals surface area contributed by atoms with Gasteiger partial charge >= 0.3 is 5.97 Å². The molecule has 0 radical (unpaired) electrons. The van der Waals surface area contributed by atoms with Gasteiger partial charge in [-0.2, -0.15) is 0 Å². The van der Waals surface area contributed by atoms with E-state index < -0.39 is 5.97 Å². The molecule has 1 aromatic carbocycles. The lowest BCUT2D eigenvalue weighted by Crippen LogP contribution is -2.39. The number of carboxylic acids is 1. The van der Waals surface area contributed by atoms with Gasteiger partial charge in [-0.3, -0.25) is 9.69 Å². The first-order chi connectivity index (χ1) is 9.06. The van der Waals surface area contributed by atoms with E-state index in [1.807, 2.05) is 6.07 Å². The number of hydrogen-bond donors (Lipinski definition) is 1. The molecule has 1 saturated heterocycles. The minimum atomic E-state index is -0.741. The smallest absolute Gasteiger partial charge is 0.304 e. The minimum absolute atomic E-state index is 0.126. The Bertz CT molecular complexity index is 450. The van der Waals surface area contributed by atoms with Gasteiger partial charge in [0.1, 0.15) is 5.82 Å². The van der Waals surface area contributed by atoms with Gasteiger partial charge in [-0.15, -0.1) is 0 Å². The molecule has 1 aliphatic heterocycles. The maximum absolute atomic E-state index is 13.2. The van der Waals surface area contributed by atoms with Crippen molar-refractivity contribution >= 4 is 5.97 Å². The monoisotopic (exact) mass is 265 g/mol. The molecular formula is C15H20FNO2. The largest absolute Gasteiger partial charge is 0.481 e. The first-order valence-electron chi connectivity index (χ1n) is 6.78. The summed E-state index contributed by atoms with van der Waals surface area (Å²) >= 11 is 0. The van der Waals surface area contributed by atoms with Crippen LogP contribution in [0.4, 0.5) is 4.39 Å². The topological polar surface area (TPSA) is 40.5 Å². The van der Waals surface area contributed by atoms with Crippen molar-refractivity contribution in [3.8, 4) is 0 Å². The summed E-state index contributed by atoms with van der Waals surface area (Å²) < 4.78 is 13.2. The fourth-order valence-corrected chi connectivity index (χ4v) is 2.98. The number of halogens is 1. The maximum atomic E-state index is 13.2. The van der Waals surface area contributed by atoms with Crippen LogP contribution in [0.1, 0.15) is 31.7 Å². The van der Waals surface area contributed by atoms with E-state index in [4.69, 9.17) is 5.11 Å². The number of rotatable bonds is 5. The van der Waals surface area contributed by atoms with Crippen molar-refractivity contribution in [2.24, 2.45) is 0 Å². The number of carboxylic acid groups (broad SMARTS) is 1. The molecule has 1 aromatic rings. The van der Waals surface area contributed by atoms with Crippen molar-refractivity contribution in [2.45, 2.75) is 44.7 Å². The van der Waals surface area contributed by atoms with Crippen molar-refractivity contribution in [3.63, 3.8) is 0 Å². The van der Waals surface area contributed by atoms with Gasteiger partial charge in [0.25, 0.3) is 0 Å². The van der Waals surface area contributed by atoms with E-state index in [1.165, 1.54) is 6.07 Å². The molecule has 4 heteroatoms. The van der Waals surface area contributed by atoms with Crippen molar-refractivity contribution in [2.75, 3.05) is 6.54 Å². The van der Waals surface area contributed by atoms with Crippen LogP contribution in [-0.2, 0) is 11.2 Å². The number of nitrogens with zero attached hydrogens (tertiary/aromatic N) is 1. The molecule has 2 atom stereocenters. The van der Waals surface area contributed by atoms with Gasteiger partial charge in [0.05, 0.1) is 6.42 Å². The minimum Gasteiger partial charge on any atom is -0.481 e. The third-order valence-electron chi connectivity index (χ3n) is 3.82. The van der Waals surface area contributed by atoms with E-state index in [0.717, 1.165) is 31.4 Å². The highest BCUT2D eigenvalue weighted by molar-refractivity contribution is 5.67. The summed E-state index contributed by atoms with van der Waals surface area (Å²) in [6.07, 6.45) is 2.95. The highest BCUT2D eigenvalue weighted by Crippen LogP contribution is 2.24. The Morgan fingerprint density at radius 3 is 3.05 bits per heavy atom. The molecule has 1 heterocycles. The molecule has 104 valence electrons. The van der Waals surface area contributed by atoms with Crippen LogP contribution < -0.4 is 0 Å². The number of aliphatic carboxylic acids is 1. The van der Waals surface area contributed by atoms with Crippen LogP contribution in [0.15, 0.2) is 24.3 Å². The summed E-state index contributed by atoms with van der Waals surface area (Å²) in [5.41, 5.74) is 0.966. The lowest BCUT2D eigenvalue weighted by molar-refractivity contribution is -0.138. The fraction of sp³-hybridized carbons (Fsp3) is 0.533. The van der Waals surface area contributed by atoms with Crippen molar-refractivity contribution < 1.29 is 14.3 Å². The molecule has 0 aliphatic carbocycles. The SMILES string of the molecule is CC(Cc1cccc(F)c1)N1CCCC1CC(=O)O. The van der Waals surface area contributed by atoms with Crippen molar-refractivity contribution in [3.05, 3.63) is 35.6 Å². The molecule has 0 saturated carbocycles. The third-order valence-corrected chi connectivity index (χ3v) is 3.82. The predicted octanol–water partition coefficient (Wildman–Crippen LogP) is 2.70. The Hall–Kier alpha value is -1.42. The highest BCUT2D eigenvalue weighted by atomic mass is 19.1. The summed E-state index contributed by atoms with van der Waals surface area (Å²) in [5, 5.41) is 8.92. The molecule has 2 rings (SSSR count). The zero-order chi connectivity index (χ0) is 13.8. The molecule has 1 N–H and O–H groups in total. The standard InChI is InChI=1S/C15H20FNO2/c1-11(8-12-4-2-5-13(16)9-12)17-7-3-6-14(17)10-15(18)19/h2,4-5,9,11,14H,3,6-8,10H2,1H3,(H,18,19). The number of carbonyl (C=O) groups is 1. The molecule has 19 heavy (non-hydrogen) atoms. The molecule has 0 amide bonds. The van der Waals surface area contributed by atoms with E-state index in [0.29, 0.717) is 0 Å². The Balaban J connectivity index is 1.98. The molecule has 0 spiro atoms. The lowest BCUT2D eigenvalue weighted by Gasteiger charge is -2.30. The summed E-state index contributed by atoms with van der Waals surface area (Å²) in [7, 11) is 0. The van der Waals surface area contributed by atoms with Gasteiger partial charge in [0.2, 0.25) is 0 Å². The summed E-state index contributed by atoms with van der Waals surface area (Å²) in [6.45, 7) is 3.03. The average molecular weight is 265 g/mol. The summed E-state index contributed by atoms with van der Waals surface area (Å²) in [6, 6.07) is 7.00. The van der Waals surface area contributed by atoms with Gasteiger partial charge in [-0.05, 0) is 50.4 Å². The van der Waals surface area contributed by atoms with Crippen LogP contribution in [0.2, 0.25) is 0 Å². The first-order valence-corrected chi connectivity index (χ1v) is 6.78. The van der Waals surface area contributed by atoms with Crippen LogP contribution in [0.25, 0.3) is 0 Å². The molecule has 3 nitrogen and oxygen atoms in total. The Morgan fingerprint density at radius 1 is 1.58 bits per heavy atom. The van der Waals surface area contributed by atoms with Gasteiger partial charge < -0.3 is 5.11 Å². The molecular weight excluding hydrogens is 245 g/mol. The molecule has 2 unspecified atom stereocenters. The highest BCUT2D eigenvalue weighted by Gasteiger charge is 2.29. The van der Waals surface area contributed by atoms with Gasteiger partial charge in [-0.25, -0.2) is 4.39 Å². The van der Waals surface area contributed by atoms with E-state index >= 15 is 0 Å². The van der Waals surface area contributed by atoms with E-state index in [-0.39, 0.29) is 24.3 Å². The van der Waals surface area contributed by atoms with Gasteiger partial charge in [-0.1, -0.05) is 12.1 Å². The van der Waals surface area contributed by atoms with Crippen molar-refractivity contribution in [1.82, 2.24) is 4.90 Å². The number of hydrogen-bond acceptors (Lipinski definition) is 2. The maximum Gasteiger partial charge on any atom is 0.304 e. The predicted molar refractivity (Wildman–Crippen MR) is 71.5 cm³/mol. The summed E-state index contributed by atoms with van der Waals surface area (Å²) in [5.74, 6) is -0.955. The van der Waals surface area contributed by atoms with Crippen LogP contribution in [0.3, 0.4) is 0 Å². The zero-order valence-corrected chi connectivity index (χ0v) is 11.2. The molecule has 1 fully saturated rings. The second-order valence-corrected chi connectivity index (χ2v) is 5.31. The Kier molecular flexibility index (Phi) is 4.53. The van der Waals surface area contributed by atoms with Crippen LogP contribution in [0.5, 0.6) is 0 Å². The Morgan fingerprint density at radius 2 is 2.37 bits per heavy atom. The fourth-order valence-electron chi connectivity index (χ4n) is 2.98. The average Bonchev–Trinajstić information content (AvgIpc) is 2.76. The third kappa shape index (κ3) is 3.77. The second-order valence-electron chi connectivity index (χ2n) is 5.31. The molecule has 1 aliphatic rings. The van der Waals surface area contributed by atoms with E-state index in [9.17, 15) is 9.18 Å². The molecule has 0 bridgehead atoms. The first kappa shape index (κ1) is 14.0. The van der Waals surface area contributed by atoms with Gasteiger partial charge in [0.15, 0.2) is 0 Å². The quantitative estimate of drug-likeness (QED) is 0.890. The van der Waals surface area contributed by atoms with E-state index in [2.05, 4.69) is 11.8 Å². The van der Waals surface area contributed by atoms with Crippen LogP contribution >= 0.6 is 0 Å². The zero-order valence-electron chi connectivity index (χ0n) is 11.2. The van der Waals surface area contributed by atoms with E-state index in [1.54, 1.807) is 12.1 Å². The number of likely N-dealkylation sites (tertiary alicyclic amines) is 1. The van der Waals surface area contributed by atoms with Crippen LogP contribution in [0, 0.1) is 5.82 Å². The van der Waals surface area contributed by atoms with Crippen molar-refractivity contribution in [1.29, 1.82) is 0 Å². The van der Waals surface area contributed by atoms with Crippen LogP contribution in [-0.4, -0.2) is 34.6 Å². The normalized spacial score (nSPS) is 21.5. The van der Waals surface area contributed by atoms with Gasteiger partial charge in [0, 0.05) is 12.1 Å². The number of benzene rings is 1. The second kappa shape index (κ2) is 6.15. The Labute approximate surface area is 113 Å².